The van der Waals surface area contributed by atoms with Crippen LogP contribution in [-0.2, 0) is 33.0 Å². The number of hydrogen-bond donors (Lipinski definition) is 4. The van der Waals surface area contributed by atoms with Crippen molar-refractivity contribution in [1.29, 1.82) is 0 Å². The third-order valence-corrected chi connectivity index (χ3v) is 13.9. The van der Waals surface area contributed by atoms with Crippen molar-refractivity contribution in [1.82, 2.24) is 20.3 Å². The van der Waals surface area contributed by atoms with Crippen LogP contribution in [0.25, 0.3) is 0 Å². The van der Waals surface area contributed by atoms with E-state index in [-0.39, 0.29) is 42.5 Å². The zero-order chi connectivity index (χ0) is 38.2. The van der Waals surface area contributed by atoms with Crippen molar-refractivity contribution in [2.75, 3.05) is 29.9 Å². The first-order valence-electron chi connectivity index (χ1n) is 18.6. The average molecular weight is 754 g/mol. The molecule has 7 rings (SSSR count). The van der Waals surface area contributed by atoms with Gasteiger partial charge in [-0.3, -0.25) is 24.4 Å². The highest BCUT2D eigenvalue weighted by molar-refractivity contribution is 6.71. The lowest BCUT2D eigenvalue weighted by molar-refractivity contribution is -0.385. The van der Waals surface area contributed by atoms with Crippen molar-refractivity contribution in [3.05, 3.63) is 111 Å². The van der Waals surface area contributed by atoms with Gasteiger partial charge in [-0.25, -0.2) is 0 Å². The number of anilines is 2. The van der Waals surface area contributed by atoms with Gasteiger partial charge in [0.05, 0.1) is 47.4 Å². The SMILES string of the molecule is C[C@H]1[C@H]([Si](C)(C)O)[C@@H](CCn2cc(C(CO)c3ccccc3)nn2)O[C@]12C(=O)N(Cc1ccc(NC(=O)C3CCCNC3)cc1)c1ccc([N+](=O)[O-])cc12. The number of aliphatic hydroxyl groups is 1. The highest BCUT2D eigenvalue weighted by atomic mass is 28.4. The van der Waals surface area contributed by atoms with Crippen LogP contribution in [0.3, 0.4) is 0 Å². The molecule has 14 nitrogen and oxygen atoms in total. The van der Waals surface area contributed by atoms with Gasteiger partial charge in [0.15, 0.2) is 13.9 Å². The Kier molecular flexibility index (Phi) is 10.5. The summed E-state index contributed by atoms with van der Waals surface area (Å²) in [4.78, 5) is 52.5. The van der Waals surface area contributed by atoms with Crippen molar-refractivity contribution in [2.45, 2.75) is 75.5 Å². The fourth-order valence-electron chi connectivity index (χ4n) is 8.70. The number of nitrogens with one attached hydrogen (secondary N) is 2. The summed E-state index contributed by atoms with van der Waals surface area (Å²) in [6.45, 7) is 7.55. The lowest BCUT2D eigenvalue weighted by Gasteiger charge is -2.32. The van der Waals surface area contributed by atoms with E-state index in [1.807, 2.05) is 74.6 Å². The van der Waals surface area contributed by atoms with Gasteiger partial charge in [-0.05, 0) is 68.2 Å². The summed E-state index contributed by atoms with van der Waals surface area (Å²) in [6, 6.07) is 21.4. The van der Waals surface area contributed by atoms with Gasteiger partial charge in [0.1, 0.15) is 0 Å². The minimum Gasteiger partial charge on any atom is -0.432 e. The third kappa shape index (κ3) is 7.09. The Bertz CT molecular complexity index is 2000. The molecule has 284 valence electrons. The van der Waals surface area contributed by atoms with Crippen molar-refractivity contribution < 1.29 is 29.2 Å². The van der Waals surface area contributed by atoms with E-state index in [4.69, 9.17) is 4.74 Å². The predicted molar refractivity (Wildman–Crippen MR) is 204 cm³/mol. The highest BCUT2D eigenvalue weighted by Gasteiger charge is 2.66. The maximum Gasteiger partial charge on any atom is 0.269 e. The molecule has 2 fully saturated rings. The topological polar surface area (TPSA) is 185 Å². The normalized spacial score (nSPS) is 24.5. The van der Waals surface area contributed by atoms with Crippen LogP contribution in [0.1, 0.15) is 54.5 Å². The summed E-state index contributed by atoms with van der Waals surface area (Å²) < 4.78 is 8.58. The van der Waals surface area contributed by atoms with Crippen LogP contribution in [0.4, 0.5) is 17.1 Å². The van der Waals surface area contributed by atoms with Crippen molar-refractivity contribution >= 4 is 37.2 Å². The van der Waals surface area contributed by atoms with Crippen LogP contribution < -0.4 is 15.5 Å². The Balaban J connectivity index is 1.14. The van der Waals surface area contributed by atoms with Crippen LogP contribution in [0.5, 0.6) is 0 Å². The molecule has 4 heterocycles. The largest absolute Gasteiger partial charge is 0.432 e. The van der Waals surface area contributed by atoms with Crippen LogP contribution >= 0.6 is 0 Å². The van der Waals surface area contributed by atoms with Gasteiger partial charge in [0, 0.05) is 54.1 Å². The number of carbonyl (C=O) groups is 2. The van der Waals surface area contributed by atoms with Gasteiger partial charge in [-0.2, -0.15) is 0 Å². The van der Waals surface area contributed by atoms with Gasteiger partial charge in [-0.15, -0.1) is 5.10 Å². The first-order chi connectivity index (χ1) is 25.9. The number of nitro benzene ring substituents is 1. The van der Waals surface area contributed by atoms with E-state index >= 15 is 0 Å². The average Bonchev–Trinajstić information content (AvgIpc) is 3.82. The molecule has 0 bridgehead atoms. The molecule has 54 heavy (non-hydrogen) atoms. The summed E-state index contributed by atoms with van der Waals surface area (Å²) in [5, 5.41) is 37.1. The number of aromatic nitrogens is 3. The zero-order valence-corrected chi connectivity index (χ0v) is 31.7. The summed E-state index contributed by atoms with van der Waals surface area (Å²) in [7, 11) is -3.01. The van der Waals surface area contributed by atoms with Crippen LogP contribution in [0, 0.1) is 22.0 Å². The van der Waals surface area contributed by atoms with Crippen molar-refractivity contribution in [2.24, 2.45) is 11.8 Å². The number of aliphatic hydroxyl groups excluding tert-OH is 1. The molecule has 1 aromatic heterocycles. The lowest BCUT2D eigenvalue weighted by atomic mass is 9.82. The van der Waals surface area contributed by atoms with Crippen LogP contribution in [0.2, 0.25) is 18.6 Å². The Morgan fingerprint density at radius 3 is 2.59 bits per heavy atom. The molecule has 0 saturated carbocycles. The molecule has 1 spiro atoms. The fraction of sp³-hybridized carbons (Fsp3) is 0.436. The summed E-state index contributed by atoms with van der Waals surface area (Å²) in [5.41, 5.74) is 1.83. The van der Waals surface area contributed by atoms with E-state index in [1.54, 1.807) is 21.8 Å². The number of nitro groups is 1. The van der Waals surface area contributed by atoms with Gasteiger partial charge >= 0.3 is 0 Å². The van der Waals surface area contributed by atoms with Crippen LogP contribution in [0.15, 0.2) is 79.0 Å². The molecule has 3 aromatic carbocycles. The molecule has 3 aliphatic rings. The smallest absolute Gasteiger partial charge is 0.269 e. The number of amides is 2. The zero-order valence-electron chi connectivity index (χ0n) is 30.7. The van der Waals surface area contributed by atoms with Crippen molar-refractivity contribution in [3.63, 3.8) is 0 Å². The van der Waals surface area contributed by atoms with Gasteiger partial charge in [0.25, 0.3) is 11.6 Å². The van der Waals surface area contributed by atoms with E-state index in [0.717, 1.165) is 30.5 Å². The molecule has 4 aromatic rings. The summed E-state index contributed by atoms with van der Waals surface area (Å²) >= 11 is 0. The molecule has 6 atom stereocenters. The molecule has 2 saturated heterocycles. The highest BCUT2D eigenvalue weighted by Crippen LogP contribution is 2.60. The predicted octanol–water partition coefficient (Wildman–Crippen LogP) is 4.68. The van der Waals surface area contributed by atoms with Crippen LogP contribution in [-0.4, -0.2) is 75.8 Å². The Morgan fingerprint density at radius 2 is 1.93 bits per heavy atom. The van der Waals surface area contributed by atoms with Crippen molar-refractivity contribution in [3.8, 4) is 0 Å². The van der Waals surface area contributed by atoms with E-state index < -0.39 is 36.4 Å². The summed E-state index contributed by atoms with van der Waals surface area (Å²) in [6.07, 6.45) is 3.42. The Labute approximate surface area is 314 Å². The van der Waals surface area contributed by atoms with E-state index in [2.05, 4.69) is 20.9 Å². The van der Waals surface area contributed by atoms with E-state index in [0.29, 0.717) is 42.1 Å². The monoisotopic (exact) mass is 753 g/mol. The number of nitrogens with zero attached hydrogens (tertiary/aromatic N) is 5. The second-order valence-corrected chi connectivity index (χ2v) is 19.3. The second kappa shape index (κ2) is 15.1. The lowest BCUT2D eigenvalue weighted by Crippen LogP contribution is -2.46. The minimum atomic E-state index is -3.01. The molecule has 3 aliphatic heterocycles. The van der Waals surface area contributed by atoms with Gasteiger partial charge in [-0.1, -0.05) is 54.6 Å². The first-order valence-corrected chi connectivity index (χ1v) is 21.6. The number of non-ortho nitro benzene ring substituents is 1. The van der Waals surface area contributed by atoms with E-state index in [1.165, 1.54) is 12.1 Å². The summed E-state index contributed by atoms with van der Waals surface area (Å²) in [5.74, 6) is -1.30. The number of benzene rings is 3. The molecule has 2 amide bonds. The quantitative estimate of drug-likeness (QED) is 0.0900. The number of piperidine rings is 1. The Morgan fingerprint density at radius 1 is 1.17 bits per heavy atom. The molecular weight excluding hydrogens is 707 g/mol. The molecule has 4 N–H and O–H groups in total. The number of hydrogen-bond acceptors (Lipinski definition) is 10. The molecule has 15 heteroatoms. The molecule has 2 unspecified atom stereocenters. The number of carbonyl (C=O) groups excluding carboxylic acids is 2. The number of fused-ring (bicyclic) bond motifs is 2. The van der Waals surface area contributed by atoms with Gasteiger partial charge < -0.3 is 30.2 Å². The van der Waals surface area contributed by atoms with Gasteiger partial charge in [0.2, 0.25) is 5.91 Å². The first kappa shape index (κ1) is 37.5. The molecule has 0 aliphatic carbocycles. The fourth-order valence-corrected chi connectivity index (χ4v) is 11.3. The number of rotatable bonds is 12. The molecule has 0 radical (unpaired) electrons. The Hall–Kier alpha value is -4.80. The number of aryl methyl sites for hydroxylation is 1. The minimum absolute atomic E-state index is 0.0280. The van der Waals surface area contributed by atoms with E-state index in [9.17, 15) is 29.6 Å². The molecular formula is C39H47N7O7Si. The maximum atomic E-state index is 14.9. The standard InChI is InChI=1S/C39H47N7O7Si/c1-25-36(54(2,3)52)35(17-19-44-23-33(42-43-44)31(24-47)27-8-5-4-6-9-27)53-39(25)32-20-30(46(50)51)15-16-34(32)45(38(39)49)22-26-11-13-29(14-12-26)41-37(48)28-10-7-18-40-21-28/h4-6,8-9,11-16,20,23,25,28,31,35-36,40,47,52H,7,10,17-19,21-22,24H2,1-3H3,(H,41,48)/t25-,28?,31?,35+,36-,39+/m0/s1. The number of ether oxygens (including phenoxy) is 1. The second-order valence-electron chi connectivity index (χ2n) is 15.3. The maximum absolute atomic E-state index is 14.9. The third-order valence-electron chi connectivity index (χ3n) is 11.3.